The number of carboxylic acid groups (broad SMARTS) is 1. The van der Waals surface area contributed by atoms with Gasteiger partial charge in [-0.2, -0.15) is 0 Å². The maximum atomic E-state index is 11.5. The van der Waals surface area contributed by atoms with E-state index in [4.69, 9.17) is 14.6 Å². The molecule has 0 unspecified atom stereocenters. The van der Waals surface area contributed by atoms with Gasteiger partial charge in [-0.1, -0.05) is 6.92 Å². The van der Waals surface area contributed by atoms with E-state index in [1.807, 2.05) is 6.92 Å². The average Bonchev–Trinajstić information content (AvgIpc) is 2.19. The Hall–Kier alpha value is -1.30. The zero-order valence-electron chi connectivity index (χ0n) is 11.6. The number of hydrogen-bond donors (Lipinski definition) is 2. The molecular formula is C12H23NO5. The van der Waals surface area contributed by atoms with E-state index in [1.54, 1.807) is 27.7 Å². The average molecular weight is 261 g/mol. The van der Waals surface area contributed by atoms with Gasteiger partial charge in [-0.3, -0.25) is 0 Å². The number of rotatable bonds is 6. The quantitative estimate of drug-likeness (QED) is 0.761. The van der Waals surface area contributed by atoms with Gasteiger partial charge in [-0.05, 0) is 34.1 Å². The second-order valence-electron chi connectivity index (χ2n) is 5.04. The smallest absolute Gasteiger partial charge is 0.408 e. The molecule has 0 rings (SSSR count). The molecule has 0 aliphatic rings. The molecule has 0 heterocycles. The highest BCUT2D eigenvalue weighted by molar-refractivity contribution is 5.80. The van der Waals surface area contributed by atoms with Crippen LogP contribution in [-0.2, 0) is 14.3 Å². The van der Waals surface area contributed by atoms with Gasteiger partial charge in [0, 0.05) is 6.61 Å². The van der Waals surface area contributed by atoms with Gasteiger partial charge in [-0.15, -0.1) is 0 Å². The minimum absolute atomic E-state index is 0.445. The van der Waals surface area contributed by atoms with Crippen LogP contribution in [0, 0.1) is 0 Å². The van der Waals surface area contributed by atoms with Gasteiger partial charge in [0.25, 0.3) is 0 Å². The predicted octanol–water partition coefficient (Wildman–Crippen LogP) is 1.78. The summed E-state index contributed by atoms with van der Waals surface area (Å²) in [5.41, 5.74) is -0.666. The molecule has 0 spiro atoms. The van der Waals surface area contributed by atoms with Crippen molar-refractivity contribution in [2.75, 3.05) is 6.61 Å². The zero-order chi connectivity index (χ0) is 14.3. The van der Waals surface area contributed by atoms with E-state index < -0.39 is 29.8 Å². The van der Waals surface area contributed by atoms with Crippen LogP contribution in [-0.4, -0.2) is 41.5 Å². The Kier molecular flexibility index (Phi) is 6.68. The first-order valence-electron chi connectivity index (χ1n) is 6.01. The summed E-state index contributed by atoms with van der Waals surface area (Å²) >= 11 is 0. The lowest BCUT2D eigenvalue weighted by Crippen LogP contribution is -2.50. The van der Waals surface area contributed by atoms with Crippen LogP contribution < -0.4 is 5.32 Å². The summed E-state index contributed by atoms with van der Waals surface area (Å²) in [5.74, 6) is -1.15. The molecule has 106 valence electrons. The molecule has 0 bridgehead atoms. The third-order valence-electron chi connectivity index (χ3n) is 1.99. The van der Waals surface area contributed by atoms with E-state index in [-0.39, 0.29) is 0 Å². The zero-order valence-corrected chi connectivity index (χ0v) is 11.6. The molecule has 0 aromatic carbocycles. The number of aliphatic carboxylic acids is 1. The summed E-state index contributed by atoms with van der Waals surface area (Å²) in [6.45, 7) is 9.09. The fourth-order valence-corrected chi connectivity index (χ4v) is 1.21. The van der Waals surface area contributed by atoms with Crippen molar-refractivity contribution >= 4 is 12.1 Å². The van der Waals surface area contributed by atoms with E-state index >= 15 is 0 Å². The van der Waals surface area contributed by atoms with Crippen LogP contribution >= 0.6 is 0 Å². The number of amides is 1. The van der Waals surface area contributed by atoms with Crippen LogP contribution in [0.2, 0.25) is 0 Å². The van der Waals surface area contributed by atoms with Crippen LogP contribution in [0.25, 0.3) is 0 Å². The summed E-state index contributed by atoms with van der Waals surface area (Å²) < 4.78 is 10.3. The highest BCUT2D eigenvalue weighted by atomic mass is 16.6. The lowest BCUT2D eigenvalue weighted by Gasteiger charge is -2.24. The van der Waals surface area contributed by atoms with Crippen molar-refractivity contribution in [3.8, 4) is 0 Å². The van der Waals surface area contributed by atoms with Gasteiger partial charge in [-0.25, -0.2) is 9.59 Å². The fraction of sp³-hybridized carbons (Fsp3) is 0.833. The summed E-state index contributed by atoms with van der Waals surface area (Å²) in [7, 11) is 0. The van der Waals surface area contributed by atoms with E-state index in [9.17, 15) is 9.59 Å². The summed E-state index contributed by atoms with van der Waals surface area (Å²) in [4.78, 5) is 22.6. The third kappa shape index (κ3) is 7.11. The molecule has 18 heavy (non-hydrogen) atoms. The SMILES string of the molecule is CCCO[C@@H](C)[C@H](NC(=O)OC(C)(C)C)C(=O)O. The largest absolute Gasteiger partial charge is 0.480 e. The second-order valence-corrected chi connectivity index (χ2v) is 5.04. The number of carboxylic acids is 1. The van der Waals surface area contributed by atoms with Gasteiger partial charge >= 0.3 is 12.1 Å². The highest BCUT2D eigenvalue weighted by Crippen LogP contribution is 2.08. The van der Waals surface area contributed by atoms with Crippen molar-refractivity contribution in [3.05, 3.63) is 0 Å². The molecule has 6 nitrogen and oxygen atoms in total. The minimum atomic E-state index is -1.15. The number of ether oxygens (including phenoxy) is 2. The predicted molar refractivity (Wildman–Crippen MR) is 66.5 cm³/mol. The number of hydrogen-bond acceptors (Lipinski definition) is 4. The molecule has 0 radical (unpaired) electrons. The molecule has 0 aromatic heterocycles. The van der Waals surface area contributed by atoms with Crippen LogP contribution in [0.3, 0.4) is 0 Å². The van der Waals surface area contributed by atoms with Crippen LogP contribution in [0.5, 0.6) is 0 Å². The van der Waals surface area contributed by atoms with Crippen LogP contribution in [0.4, 0.5) is 4.79 Å². The third-order valence-corrected chi connectivity index (χ3v) is 1.99. The summed E-state index contributed by atoms with van der Waals surface area (Å²) in [6.07, 6.45) is -0.597. The van der Waals surface area contributed by atoms with Crippen molar-refractivity contribution in [1.29, 1.82) is 0 Å². The number of carbonyl (C=O) groups excluding carboxylic acids is 1. The molecule has 2 N–H and O–H groups in total. The number of carbonyl (C=O) groups is 2. The number of nitrogens with one attached hydrogen (secondary N) is 1. The van der Waals surface area contributed by atoms with Crippen molar-refractivity contribution in [1.82, 2.24) is 5.32 Å². The first-order valence-corrected chi connectivity index (χ1v) is 6.01. The minimum Gasteiger partial charge on any atom is -0.480 e. The van der Waals surface area contributed by atoms with Crippen molar-refractivity contribution < 1.29 is 24.2 Å². The van der Waals surface area contributed by atoms with Gasteiger partial charge in [0.15, 0.2) is 6.04 Å². The lowest BCUT2D eigenvalue weighted by atomic mass is 10.2. The fourth-order valence-electron chi connectivity index (χ4n) is 1.21. The molecule has 0 aliphatic heterocycles. The van der Waals surface area contributed by atoms with Gasteiger partial charge in [0.1, 0.15) is 5.60 Å². The molecule has 2 atom stereocenters. The lowest BCUT2D eigenvalue weighted by molar-refractivity contribution is -0.143. The van der Waals surface area contributed by atoms with Gasteiger partial charge in [0.2, 0.25) is 0 Å². The van der Waals surface area contributed by atoms with Crippen molar-refractivity contribution in [3.63, 3.8) is 0 Å². The molecule has 0 saturated carbocycles. The van der Waals surface area contributed by atoms with Crippen molar-refractivity contribution in [2.24, 2.45) is 0 Å². The van der Waals surface area contributed by atoms with Crippen LogP contribution in [0.1, 0.15) is 41.0 Å². The summed E-state index contributed by atoms with van der Waals surface area (Å²) in [6, 6.07) is -1.12. The molecule has 1 amide bonds. The van der Waals surface area contributed by atoms with E-state index in [0.717, 1.165) is 6.42 Å². The Balaban J connectivity index is 4.44. The molecule has 0 aromatic rings. The standard InChI is InChI=1S/C12H23NO5/c1-6-7-17-8(2)9(10(14)15)13-11(16)18-12(3,4)5/h8-9H,6-7H2,1-5H3,(H,13,16)(H,14,15)/t8-,9-/m0/s1. The Morgan fingerprint density at radius 2 is 1.89 bits per heavy atom. The Labute approximate surface area is 108 Å². The van der Waals surface area contributed by atoms with Gasteiger partial charge < -0.3 is 19.9 Å². The van der Waals surface area contributed by atoms with E-state index in [0.29, 0.717) is 6.61 Å². The maximum absolute atomic E-state index is 11.5. The Morgan fingerprint density at radius 3 is 2.28 bits per heavy atom. The van der Waals surface area contributed by atoms with E-state index in [1.165, 1.54) is 0 Å². The first kappa shape index (κ1) is 16.7. The topological polar surface area (TPSA) is 84.9 Å². The monoisotopic (exact) mass is 261 g/mol. The van der Waals surface area contributed by atoms with Crippen LogP contribution in [0.15, 0.2) is 0 Å². The highest BCUT2D eigenvalue weighted by Gasteiger charge is 2.29. The second kappa shape index (κ2) is 7.20. The molecule has 0 fully saturated rings. The molecular weight excluding hydrogens is 238 g/mol. The van der Waals surface area contributed by atoms with Crippen molar-refractivity contribution in [2.45, 2.75) is 58.8 Å². The Morgan fingerprint density at radius 1 is 1.33 bits per heavy atom. The number of alkyl carbamates (subject to hydrolysis) is 1. The normalized spacial score (nSPS) is 14.7. The Bertz CT molecular complexity index is 285. The maximum Gasteiger partial charge on any atom is 0.408 e. The summed E-state index contributed by atoms with van der Waals surface area (Å²) in [5, 5.41) is 11.3. The van der Waals surface area contributed by atoms with E-state index in [2.05, 4.69) is 5.32 Å². The molecule has 6 heteroatoms. The van der Waals surface area contributed by atoms with Gasteiger partial charge in [0.05, 0.1) is 6.10 Å². The molecule has 0 saturated heterocycles. The first-order chi connectivity index (χ1) is 8.17. The molecule has 0 aliphatic carbocycles.